The van der Waals surface area contributed by atoms with Crippen molar-refractivity contribution in [1.29, 1.82) is 10.5 Å². The molecule has 29 heteroatoms. The summed E-state index contributed by atoms with van der Waals surface area (Å²) in [6, 6.07) is 2.83. The molecule has 0 spiro atoms. The number of hydrogen-bond donors (Lipinski definition) is 1. The number of Topliss-reactive ketones (excluding diaryl/α,β-unsaturated/α-hetero) is 1. The van der Waals surface area contributed by atoms with E-state index < -0.39 is 105 Å². The molecule has 9 nitrogen and oxygen atoms in total. The number of carbonyl (C=O) groups excluding carboxylic acids is 3. The van der Waals surface area contributed by atoms with Gasteiger partial charge in [-0.3, -0.25) is 19.2 Å². The SMILES string of the molecule is CC(=O)[C@H]1C[C@@H]1[B-](F)(F)F.CCOC(=O)[C@@]1(C#N)C[C@@H]1[B-](F)(F)F.CCOC(=O)[C@]1(C#N)C[C@@H]1[B-](F)(F)F.O=C(O)[C@H]1C[C@@H]1[B-](F)(F)F.[K+].[K+].[K+].[K+]. The Morgan fingerprint density at radius 1 is 0.635 bits per heavy atom. The van der Waals surface area contributed by atoms with Gasteiger partial charge in [0.05, 0.1) is 25.4 Å². The Morgan fingerprint density at radius 3 is 1.04 bits per heavy atom. The number of esters is 2. The molecular formula is C23H28B4F12K4N2O7. The van der Waals surface area contributed by atoms with Gasteiger partial charge < -0.3 is 66.4 Å². The van der Waals surface area contributed by atoms with Gasteiger partial charge in [0.25, 0.3) is 0 Å². The number of carboxylic acid groups (broad SMARTS) is 1. The van der Waals surface area contributed by atoms with Crippen LogP contribution in [0.3, 0.4) is 0 Å². The Kier molecular flexibility index (Phi) is 28.9. The number of ketones is 1. The average molecular weight is 872 g/mol. The number of halogens is 12. The van der Waals surface area contributed by atoms with E-state index in [9.17, 15) is 71.0 Å². The van der Waals surface area contributed by atoms with Crippen LogP contribution in [0, 0.1) is 45.3 Å². The maximum Gasteiger partial charge on any atom is 1.00 e. The molecule has 1 N–H and O–H groups in total. The number of carboxylic acids is 1. The summed E-state index contributed by atoms with van der Waals surface area (Å²) in [6.45, 7) is -15.8. The maximum atomic E-state index is 12.2. The third kappa shape index (κ3) is 18.1. The van der Waals surface area contributed by atoms with E-state index in [-0.39, 0.29) is 237 Å². The van der Waals surface area contributed by atoms with Gasteiger partial charge in [0.1, 0.15) is 16.6 Å². The first-order valence-electron chi connectivity index (χ1n) is 14.3. The molecule has 4 fully saturated rings. The first-order valence-corrected chi connectivity index (χ1v) is 14.3. The van der Waals surface area contributed by atoms with Crippen molar-refractivity contribution in [3.63, 3.8) is 0 Å². The third-order valence-electron chi connectivity index (χ3n) is 8.11. The van der Waals surface area contributed by atoms with Gasteiger partial charge in [-0.25, -0.2) is 0 Å². The van der Waals surface area contributed by atoms with E-state index >= 15 is 0 Å². The molecule has 4 aliphatic rings. The van der Waals surface area contributed by atoms with Crippen molar-refractivity contribution >= 4 is 51.6 Å². The van der Waals surface area contributed by atoms with E-state index in [1.165, 1.54) is 32.9 Å². The van der Waals surface area contributed by atoms with Crippen LogP contribution in [0.5, 0.6) is 0 Å². The zero-order valence-electron chi connectivity index (χ0n) is 29.3. The minimum Gasteiger partial charge on any atom is -0.481 e. The molecular weight excluding hydrogens is 844 g/mol. The second-order valence-corrected chi connectivity index (χ2v) is 11.7. The first-order chi connectivity index (χ1) is 21.6. The minimum atomic E-state index is -5.13. The van der Waals surface area contributed by atoms with Crippen molar-refractivity contribution in [3.8, 4) is 12.1 Å². The molecule has 4 rings (SSSR count). The largest absolute Gasteiger partial charge is 1.00 e. The number of nitriles is 2. The Morgan fingerprint density at radius 2 is 0.923 bits per heavy atom. The zero-order chi connectivity index (χ0) is 37.8. The van der Waals surface area contributed by atoms with Crippen LogP contribution in [0.25, 0.3) is 0 Å². The molecule has 0 heterocycles. The van der Waals surface area contributed by atoms with Gasteiger partial charge in [-0.05, 0) is 51.2 Å². The molecule has 0 saturated heterocycles. The van der Waals surface area contributed by atoms with Gasteiger partial charge in [0.15, 0.2) is 0 Å². The monoisotopic (exact) mass is 872 g/mol. The van der Waals surface area contributed by atoms with Gasteiger partial charge in [0, 0.05) is 5.92 Å². The second-order valence-electron chi connectivity index (χ2n) is 11.7. The Balaban J connectivity index is -0.000000291. The maximum absolute atomic E-state index is 12.2. The molecule has 52 heavy (non-hydrogen) atoms. The van der Waals surface area contributed by atoms with E-state index in [2.05, 4.69) is 9.47 Å². The molecule has 4 aliphatic carbocycles. The molecule has 0 aromatic rings. The molecule has 0 amide bonds. The van der Waals surface area contributed by atoms with Crippen LogP contribution in [0.2, 0.25) is 23.3 Å². The van der Waals surface area contributed by atoms with Crippen LogP contribution in [0.4, 0.5) is 51.8 Å². The number of carbonyl (C=O) groups is 4. The quantitative estimate of drug-likeness (QED) is 0.129. The molecule has 0 aromatic heterocycles. The fraction of sp³-hybridized carbons (Fsp3) is 0.739. The van der Waals surface area contributed by atoms with Gasteiger partial charge in [-0.1, -0.05) is 24.5 Å². The van der Waals surface area contributed by atoms with E-state index in [1.807, 2.05) is 0 Å². The second kappa shape index (κ2) is 24.3. The van der Waals surface area contributed by atoms with Crippen molar-refractivity contribution in [2.24, 2.45) is 22.7 Å². The summed E-state index contributed by atoms with van der Waals surface area (Å²) in [4.78, 5) is 42.5. The number of aliphatic carboxylic acids is 1. The summed E-state index contributed by atoms with van der Waals surface area (Å²) in [5.74, 6) is -12.0. The number of ether oxygens (including phenoxy) is 2. The van der Waals surface area contributed by atoms with Crippen LogP contribution >= 0.6 is 0 Å². The molecule has 0 aliphatic heterocycles. The van der Waals surface area contributed by atoms with Crippen LogP contribution in [-0.4, -0.2) is 69.9 Å². The van der Waals surface area contributed by atoms with Gasteiger partial charge in [0.2, 0.25) is 0 Å². The topological polar surface area (TPSA) is 155 Å². The Labute approximate surface area is 461 Å². The predicted molar refractivity (Wildman–Crippen MR) is 144 cm³/mol. The average Bonchev–Trinajstić information content (AvgIpc) is 3.80. The van der Waals surface area contributed by atoms with E-state index in [0.29, 0.717) is 0 Å². The molecule has 8 atom stereocenters. The number of nitrogens with zero attached hydrogens (tertiary/aromatic N) is 2. The molecule has 0 unspecified atom stereocenters. The van der Waals surface area contributed by atoms with Crippen molar-refractivity contribution < 1.29 is 291 Å². The summed E-state index contributed by atoms with van der Waals surface area (Å²) in [5.41, 5.74) is -3.90. The predicted octanol–water partition coefficient (Wildman–Crippen LogP) is -5.50. The van der Waals surface area contributed by atoms with Gasteiger partial charge >= 0.3 is 251 Å². The van der Waals surface area contributed by atoms with E-state index in [4.69, 9.17) is 15.6 Å². The normalized spacial score (nSPS) is 28.8. The van der Waals surface area contributed by atoms with Crippen LogP contribution < -0.4 is 206 Å². The summed E-state index contributed by atoms with van der Waals surface area (Å²) in [6.07, 6.45) is -1.10. The smallest absolute Gasteiger partial charge is 0.481 e. The van der Waals surface area contributed by atoms with E-state index in [1.54, 1.807) is 0 Å². The van der Waals surface area contributed by atoms with Crippen LogP contribution in [-0.2, 0) is 28.7 Å². The van der Waals surface area contributed by atoms with Crippen molar-refractivity contribution in [2.45, 2.75) is 69.7 Å². The number of rotatable bonds is 10. The zero-order valence-corrected chi connectivity index (χ0v) is 41.8. The third-order valence-corrected chi connectivity index (χ3v) is 8.11. The number of hydrogen-bond acceptors (Lipinski definition) is 8. The summed E-state index contributed by atoms with van der Waals surface area (Å²) in [5, 5.41) is 25.2. The Hall–Kier alpha value is 3.03. The molecule has 0 aromatic carbocycles. The molecule has 4 saturated carbocycles. The van der Waals surface area contributed by atoms with E-state index in [0.717, 1.165) is 0 Å². The van der Waals surface area contributed by atoms with Gasteiger partial charge in [-0.2, -0.15) is 10.5 Å². The molecule has 272 valence electrons. The minimum absolute atomic E-state index is 0. The summed E-state index contributed by atoms with van der Waals surface area (Å²) < 4.78 is 152. The first kappa shape index (κ1) is 61.7. The fourth-order valence-corrected chi connectivity index (χ4v) is 4.84. The van der Waals surface area contributed by atoms with Crippen LogP contribution in [0.1, 0.15) is 46.5 Å². The molecule has 0 radical (unpaired) electrons. The van der Waals surface area contributed by atoms with Crippen molar-refractivity contribution in [2.75, 3.05) is 13.2 Å². The molecule has 0 bridgehead atoms. The summed E-state index contributed by atoms with van der Waals surface area (Å²) >= 11 is 0. The van der Waals surface area contributed by atoms with Crippen LogP contribution in [0.15, 0.2) is 0 Å². The van der Waals surface area contributed by atoms with Crippen molar-refractivity contribution in [3.05, 3.63) is 0 Å². The van der Waals surface area contributed by atoms with Gasteiger partial charge in [-0.15, -0.1) is 0 Å². The fourth-order valence-electron chi connectivity index (χ4n) is 4.84. The standard InChI is InChI=1S/2C7H8BF3NO2.C5H7BF3O.C4H5BF3O2.4K/c2*1-2-14-6(13)7(4-12)3-5(7)8(9,10)11;1-3(10)4-2-5(4)6(7,8)9;6-5(7,8)3-1-2(3)4(9)10;;;;/h2*5H,2-3H2,1H3;4-5H,2H2,1H3;2-3H,1H2,(H,9,10);;;;/q4*-1;4*+1/t5-,7+;5-,7-;4-,5+;2-,3-;;;;/m0010..../s1. The summed E-state index contributed by atoms with van der Waals surface area (Å²) in [7, 11) is 0. The van der Waals surface area contributed by atoms with Crippen molar-refractivity contribution in [1.82, 2.24) is 0 Å². The Bertz CT molecular complexity index is 1240.